The number of rotatable bonds is 5. The van der Waals surface area contributed by atoms with Gasteiger partial charge in [0.2, 0.25) is 5.91 Å². The summed E-state index contributed by atoms with van der Waals surface area (Å²) in [4.78, 5) is 12.8. The maximum atomic E-state index is 13.0. The molecule has 2 nitrogen and oxygen atoms in total. The molecule has 0 aliphatic carbocycles. The molecular formula is C15H12Cl2FNOS. The molecule has 0 spiro atoms. The number of carbonyl (C=O) groups excluding carboxylic acids is 1. The van der Waals surface area contributed by atoms with Crippen molar-refractivity contribution in [2.45, 2.75) is 11.3 Å². The fourth-order valence-corrected chi connectivity index (χ4v) is 2.75. The van der Waals surface area contributed by atoms with Crippen LogP contribution in [0.3, 0.4) is 0 Å². The lowest BCUT2D eigenvalue weighted by molar-refractivity contribution is -0.115. The van der Waals surface area contributed by atoms with E-state index in [0.717, 1.165) is 4.90 Å². The van der Waals surface area contributed by atoms with Gasteiger partial charge in [0.1, 0.15) is 5.82 Å². The van der Waals surface area contributed by atoms with Gasteiger partial charge in [-0.05, 0) is 42.5 Å². The Bertz CT molecular complexity index is 634. The van der Waals surface area contributed by atoms with Crippen molar-refractivity contribution in [3.05, 3.63) is 58.3 Å². The predicted octanol–water partition coefficient (Wildman–Crippen LogP) is 5.25. The van der Waals surface area contributed by atoms with Crippen molar-refractivity contribution < 1.29 is 9.18 Å². The molecule has 2 aromatic carbocycles. The number of hydrogen-bond donors (Lipinski definition) is 1. The molecule has 0 saturated carbocycles. The van der Waals surface area contributed by atoms with Crippen molar-refractivity contribution in [3.8, 4) is 0 Å². The second-order valence-electron chi connectivity index (χ2n) is 4.23. The summed E-state index contributed by atoms with van der Waals surface area (Å²) < 4.78 is 13.0. The van der Waals surface area contributed by atoms with Crippen LogP contribution < -0.4 is 5.32 Å². The Labute approximate surface area is 136 Å². The van der Waals surface area contributed by atoms with E-state index in [-0.39, 0.29) is 10.9 Å². The van der Waals surface area contributed by atoms with Crippen molar-refractivity contribution in [2.75, 3.05) is 11.1 Å². The third-order valence-electron chi connectivity index (χ3n) is 2.61. The van der Waals surface area contributed by atoms with Gasteiger partial charge in [-0.15, -0.1) is 11.8 Å². The highest BCUT2D eigenvalue weighted by Gasteiger charge is 2.05. The summed E-state index contributed by atoms with van der Waals surface area (Å²) in [5.74, 6) is -0.00494. The molecule has 110 valence electrons. The fourth-order valence-electron chi connectivity index (χ4n) is 1.59. The lowest BCUT2D eigenvalue weighted by atomic mass is 10.3. The largest absolute Gasteiger partial charge is 0.326 e. The summed E-state index contributed by atoms with van der Waals surface area (Å²) in [6.45, 7) is 0. The monoisotopic (exact) mass is 343 g/mol. The smallest absolute Gasteiger partial charge is 0.225 e. The van der Waals surface area contributed by atoms with Crippen LogP contribution in [0.15, 0.2) is 47.4 Å². The summed E-state index contributed by atoms with van der Waals surface area (Å²) in [5, 5.41) is 3.36. The molecule has 0 aliphatic rings. The first-order valence-electron chi connectivity index (χ1n) is 6.18. The highest BCUT2D eigenvalue weighted by atomic mass is 35.5. The molecule has 2 rings (SSSR count). The summed E-state index contributed by atoms with van der Waals surface area (Å²) in [6, 6.07) is 11.5. The van der Waals surface area contributed by atoms with E-state index in [4.69, 9.17) is 23.2 Å². The second kappa shape index (κ2) is 7.69. The number of carbonyl (C=O) groups is 1. The summed E-state index contributed by atoms with van der Waals surface area (Å²) in [7, 11) is 0. The van der Waals surface area contributed by atoms with E-state index in [9.17, 15) is 9.18 Å². The minimum absolute atomic E-state index is 0.0108. The molecule has 0 unspecified atom stereocenters. The van der Waals surface area contributed by atoms with Crippen LogP contribution in [0.5, 0.6) is 0 Å². The number of halogens is 3. The van der Waals surface area contributed by atoms with Gasteiger partial charge in [0.25, 0.3) is 0 Å². The highest BCUT2D eigenvalue weighted by Crippen LogP contribution is 2.22. The maximum Gasteiger partial charge on any atom is 0.225 e. The first kappa shape index (κ1) is 16.1. The summed E-state index contributed by atoms with van der Waals surface area (Å²) >= 11 is 13.0. The third kappa shape index (κ3) is 5.23. The van der Waals surface area contributed by atoms with Crippen molar-refractivity contribution in [2.24, 2.45) is 0 Å². The zero-order valence-electron chi connectivity index (χ0n) is 10.9. The fraction of sp³-hybridized carbons (Fsp3) is 0.133. The van der Waals surface area contributed by atoms with Crippen LogP contribution in [-0.2, 0) is 4.79 Å². The molecule has 0 atom stereocenters. The van der Waals surface area contributed by atoms with E-state index in [1.807, 2.05) is 24.3 Å². The number of thioether (sulfide) groups is 1. The van der Waals surface area contributed by atoms with Gasteiger partial charge in [-0.3, -0.25) is 4.79 Å². The topological polar surface area (TPSA) is 29.1 Å². The minimum atomic E-state index is -0.507. The Morgan fingerprint density at radius 3 is 2.52 bits per heavy atom. The number of hydrogen-bond acceptors (Lipinski definition) is 2. The molecule has 0 heterocycles. The first-order valence-corrected chi connectivity index (χ1v) is 7.92. The van der Waals surface area contributed by atoms with Gasteiger partial charge in [-0.1, -0.05) is 23.2 Å². The lowest BCUT2D eigenvalue weighted by Crippen LogP contribution is -2.12. The van der Waals surface area contributed by atoms with E-state index in [0.29, 0.717) is 22.9 Å². The van der Waals surface area contributed by atoms with E-state index in [1.165, 1.54) is 18.2 Å². The molecular weight excluding hydrogens is 332 g/mol. The first-order chi connectivity index (χ1) is 10.0. The van der Waals surface area contributed by atoms with Crippen LogP contribution in [0.4, 0.5) is 10.1 Å². The van der Waals surface area contributed by atoms with Gasteiger partial charge in [0.05, 0.1) is 5.02 Å². The molecule has 21 heavy (non-hydrogen) atoms. The lowest BCUT2D eigenvalue weighted by Gasteiger charge is -2.06. The van der Waals surface area contributed by atoms with Crippen molar-refractivity contribution in [3.63, 3.8) is 0 Å². The Morgan fingerprint density at radius 1 is 1.14 bits per heavy atom. The van der Waals surface area contributed by atoms with Gasteiger partial charge in [-0.25, -0.2) is 4.39 Å². The minimum Gasteiger partial charge on any atom is -0.326 e. The Balaban J connectivity index is 1.79. The van der Waals surface area contributed by atoms with Gasteiger partial charge < -0.3 is 5.32 Å². The molecule has 0 aromatic heterocycles. The molecule has 0 saturated heterocycles. The highest BCUT2D eigenvalue weighted by molar-refractivity contribution is 7.99. The van der Waals surface area contributed by atoms with Crippen LogP contribution in [0.25, 0.3) is 0 Å². The van der Waals surface area contributed by atoms with Crippen molar-refractivity contribution in [1.82, 2.24) is 0 Å². The zero-order valence-corrected chi connectivity index (χ0v) is 13.2. The second-order valence-corrected chi connectivity index (χ2v) is 6.24. The molecule has 0 fully saturated rings. The van der Waals surface area contributed by atoms with Gasteiger partial charge in [0.15, 0.2) is 0 Å². The molecule has 0 aliphatic heterocycles. The third-order valence-corrected chi connectivity index (χ3v) is 4.17. The Hall–Kier alpha value is -1.23. The van der Waals surface area contributed by atoms with E-state index < -0.39 is 5.82 Å². The van der Waals surface area contributed by atoms with Crippen molar-refractivity contribution in [1.29, 1.82) is 0 Å². The standard InChI is InChI=1S/C15H12Cl2FNOS/c16-10-1-4-12(5-2-10)21-8-7-15(20)19-11-3-6-14(18)13(17)9-11/h1-6,9H,7-8H2,(H,19,20). The van der Waals surface area contributed by atoms with E-state index in [1.54, 1.807) is 11.8 Å². The van der Waals surface area contributed by atoms with Crippen LogP contribution in [-0.4, -0.2) is 11.7 Å². The van der Waals surface area contributed by atoms with Crippen LogP contribution >= 0.6 is 35.0 Å². The van der Waals surface area contributed by atoms with Crippen LogP contribution in [0.2, 0.25) is 10.0 Å². The maximum absolute atomic E-state index is 13.0. The average Bonchev–Trinajstić information content (AvgIpc) is 2.45. The number of anilines is 1. The summed E-state index contributed by atoms with van der Waals surface area (Å²) in [5.41, 5.74) is 0.489. The van der Waals surface area contributed by atoms with Crippen LogP contribution in [0, 0.1) is 5.82 Å². The average molecular weight is 344 g/mol. The van der Waals surface area contributed by atoms with Gasteiger partial charge in [0, 0.05) is 27.8 Å². The quantitative estimate of drug-likeness (QED) is 0.750. The summed E-state index contributed by atoms with van der Waals surface area (Å²) in [6.07, 6.45) is 0.349. The Kier molecular flexibility index (Phi) is 5.91. The molecule has 2 aromatic rings. The molecule has 1 amide bonds. The van der Waals surface area contributed by atoms with E-state index >= 15 is 0 Å². The van der Waals surface area contributed by atoms with E-state index in [2.05, 4.69) is 5.32 Å². The predicted molar refractivity (Wildman–Crippen MR) is 86.8 cm³/mol. The molecule has 6 heteroatoms. The molecule has 1 N–H and O–H groups in total. The van der Waals surface area contributed by atoms with Crippen LogP contribution in [0.1, 0.15) is 6.42 Å². The number of benzene rings is 2. The van der Waals surface area contributed by atoms with Gasteiger partial charge in [-0.2, -0.15) is 0 Å². The van der Waals surface area contributed by atoms with Crippen molar-refractivity contribution >= 4 is 46.6 Å². The molecule has 0 bridgehead atoms. The Morgan fingerprint density at radius 2 is 1.86 bits per heavy atom. The molecule has 0 radical (unpaired) electrons. The normalized spacial score (nSPS) is 10.4. The zero-order chi connectivity index (χ0) is 15.2. The SMILES string of the molecule is O=C(CCSc1ccc(Cl)cc1)Nc1ccc(F)c(Cl)c1. The number of nitrogens with one attached hydrogen (secondary N) is 1. The number of amides is 1. The van der Waals surface area contributed by atoms with Gasteiger partial charge >= 0.3 is 0 Å².